The molecule has 0 saturated heterocycles. The third-order valence-electron chi connectivity index (χ3n) is 1.78. The van der Waals surface area contributed by atoms with E-state index >= 15 is 0 Å². The van der Waals surface area contributed by atoms with Crippen LogP contribution in [0.15, 0.2) is 16.2 Å². The van der Waals surface area contributed by atoms with Gasteiger partial charge in [0.15, 0.2) is 5.16 Å². The molecule has 1 rings (SSSR count). The van der Waals surface area contributed by atoms with Crippen molar-refractivity contribution in [3.05, 3.63) is 16.9 Å². The van der Waals surface area contributed by atoms with E-state index in [2.05, 4.69) is 44.2 Å². The number of rotatable bonds is 6. The van der Waals surface area contributed by atoms with Crippen molar-refractivity contribution in [3.63, 3.8) is 0 Å². The van der Waals surface area contributed by atoms with Crippen LogP contribution in [0.1, 0.15) is 19.2 Å². The molecule has 2 N–H and O–H groups in total. The summed E-state index contributed by atoms with van der Waals surface area (Å²) in [6.07, 6.45) is 1.05. The van der Waals surface area contributed by atoms with E-state index < -0.39 is 0 Å². The van der Waals surface area contributed by atoms with Crippen LogP contribution in [0.4, 0.5) is 0 Å². The van der Waals surface area contributed by atoms with Gasteiger partial charge in [-0.3, -0.25) is 0 Å². The Kier molecular flexibility index (Phi) is 5.35. The zero-order valence-electron chi connectivity index (χ0n) is 8.74. The molecule has 0 spiro atoms. The van der Waals surface area contributed by atoms with Gasteiger partial charge in [0, 0.05) is 12.3 Å². The molecule has 0 radical (unpaired) electrons. The van der Waals surface area contributed by atoms with Crippen molar-refractivity contribution in [1.82, 2.24) is 14.8 Å². The lowest BCUT2D eigenvalue weighted by Crippen LogP contribution is -2.09. The fourth-order valence-electron chi connectivity index (χ4n) is 1.17. The highest BCUT2D eigenvalue weighted by atomic mass is 79.9. The number of halogens is 1. The summed E-state index contributed by atoms with van der Waals surface area (Å²) >= 11 is 4.94. The second-order valence-electron chi connectivity index (χ2n) is 3.06. The zero-order valence-corrected chi connectivity index (χ0v) is 11.1. The topological polar surface area (TPSA) is 56.7 Å². The third kappa shape index (κ3) is 3.62. The van der Waals surface area contributed by atoms with E-state index in [4.69, 9.17) is 5.73 Å². The Morgan fingerprint density at radius 2 is 2.33 bits per heavy atom. The van der Waals surface area contributed by atoms with Crippen molar-refractivity contribution in [3.8, 4) is 0 Å². The van der Waals surface area contributed by atoms with Crippen LogP contribution in [0, 0.1) is 0 Å². The minimum absolute atomic E-state index is 0.433. The van der Waals surface area contributed by atoms with Crippen LogP contribution >= 0.6 is 27.7 Å². The number of hydrogen-bond acceptors (Lipinski definition) is 4. The molecule has 15 heavy (non-hydrogen) atoms. The molecule has 0 unspecified atom stereocenters. The van der Waals surface area contributed by atoms with E-state index in [1.165, 1.54) is 0 Å². The first-order chi connectivity index (χ1) is 7.19. The molecule has 0 aliphatic rings. The average Bonchev–Trinajstić information content (AvgIpc) is 2.58. The van der Waals surface area contributed by atoms with E-state index in [-0.39, 0.29) is 0 Å². The summed E-state index contributed by atoms with van der Waals surface area (Å²) in [6.45, 7) is 7.26. The van der Waals surface area contributed by atoms with Gasteiger partial charge in [0.05, 0.1) is 6.54 Å². The van der Waals surface area contributed by atoms with Crippen molar-refractivity contribution < 1.29 is 0 Å². The molecule has 0 fully saturated rings. The molecule has 84 valence electrons. The number of nitrogens with two attached hydrogens (primary N) is 1. The summed E-state index contributed by atoms with van der Waals surface area (Å²) in [4.78, 5) is 0. The van der Waals surface area contributed by atoms with Crippen LogP contribution in [0.25, 0.3) is 0 Å². The number of nitrogens with zero attached hydrogens (tertiary/aromatic N) is 3. The van der Waals surface area contributed by atoms with Crippen molar-refractivity contribution in [2.24, 2.45) is 5.73 Å². The summed E-state index contributed by atoms with van der Waals surface area (Å²) in [6, 6.07) is 0. The summed E-state index contributed by atoms with van der Waals surface area (Å²) in [5, 5.41) is 9.08. The van der Waals surface area contributed by atoms with E-state index in [0.717, 1.165) is 34.2 Å². The standard InChI is InChI=1S/C9H15BrN4S/c1-3-4-14-8(5-11)12-13-9(14)15-6-7(2)10/h2-6,11H2,1H3. The highest BCUT2D eigenvalue weighted by Crippen LogP contribution is 2.21. The SMILES string of the molecule is C=C(Br)CSc1nnc(CN)n1CCC. The van der Waals surface area contributed by atoms with Crippen LogP contribution in [0.5, 0.6) is 0 Å². The Morgan fingerprint density at radius 1 is 1.60 bits per heavy atom. The highest BCUT2D eigenvalue weighted by molar-refractivity contribution is 9.11. The third-order valence-corrected chi connectivity index (χ3v) is 3.49. The van der Waals surface area contributed by atoms with Crippen molar-refractivity contribution in [2.45, 2.75) is 31.6 Å². The van der Waals surface area contributed by atoms with Gasteiger partial charge in [-0.15, -0.1) is 10.2 Å². The van der Waals surface area contributed by atoms with Gasteiger partial charge in [-0.25, -0.2) is 0 Å². The summed E-state index contributed by atoms with van der Waals surface area (Å²) in [5.74, 6) is 1.64. The Labute approximate surface area is 102 Å². The van der Waals surface area contributed by atoms with Crippen LogP contribution in [-0.4, -0.2) is 20.5 Å². The number of thioether (sulfide) groups is 1. The second kappa shape index (κ2) is 6.30. The molecule has 0 amide bonds. The predicted octanol–water partition coefficient (Wildman–Crippen LogP) is 2.15. The van der Waals surface area contributed by atoms with Crippen LogP contribution in [-0.2, 0) is 13.1 Å². The fourth-order valence-corrected chi connectivity index (χ4v) is 2.25. The molecule has 1 heterocycles. The summed E-state index contributed by atoms with van der Waals surface area (Å²) < 4.78 is 3.02. The molecule has 0 saturated carbocycles. The maximum atomic E-state index is 5.59. The Bertz CT molecular complexity index is 337. The first kappa shape index (κ1) is 12.7. The van der Waals surface area contributed by atoms with Gasteiger partial charge in [-0.2, -0.15) is 0 Å². The van der Waals surface area contributed by atoms with E-state index in [1.807, 2.05) is 0 Å². The summed E-state index contributed by atoms with van der Waals surface area (Å²) in [5.41, 5.74) is 5.59. The predicted molar refractivity (Wildman–Crippen MR) is 67.0 cm³/mol. The Balaban J connectivity index is 2.77. The maximum absolute atomic E-state index is 5.59. The first-order valence-electron chi connectivity index (χ1n) is 4.77. The lowest BCUT2D eigenvalue weighted by atomic mass is 10.4. The van der Waals surface area contributed by atoms with Gasteiger partial charge in [0.25, 0.3) is 0 Å². The Morgan fingerprint density at radius 3 is 2.87 bits per heavy atom. The van der Waals surface area contributed by atoms with Crippen molar-refractivity contribution >= 4 is 27.7 Å². The molecule has 1 aromatic rings. The molecule has 0 bridgehead atoms. The van der Waals surface area contributed by atoms with Gasteiger partial charge >= 0.3 is 0 Å². The van der Waals surface area contributed by atoms with Gasteiger partial charge in [0.2, 0.25) is 0 Å². The minimum atomic E-state index is 0.433. The van der Waals surface area contributed by atoms with E-state index in [9.17, 15) is 0 Å². The van der Waals surface area contributed by atoms with Gasteiger partial charge in [-0.1, -0.05) is 41.2 Å². The Hall–Kier alpha value is -0.330. The van der Waals surface area contributed by atoms with Crippen LogP contribution in [0.2, 0.25) is 0 Å². The average molecular weight is 291 g/mol. The normalized spacial score (nSPS) is 10.6. The highest BCUT2D eigenvalue weighted by Gasteiger charge is 2.10. The molecular weight excluding hydrogens is 276 g/mol. The fraction of sp³-hybridized carbons (Fsp3) is 0.556. The van der Waals surface area contributed by atoms with E-state index in [1.54, 1.807) is 11.8 Å². The van der Waals surface area contributed by atoms with Gasteiger partial charge < -0.3 is 10.3 Å². The maximum Gasteiger partial charge on any atom is 0.191 e. The molecule has 1 aromatic heterocycles. The number of hydrogen-bond donors (Lipinski definition) is 1. The molecular formula is C9H15BrN4S. The minimum Gasteiger partial charge on any atom is -0.324 e. The van der Waals surface area contributed by atoms with Gasteiger partial charge in [0.1, 0.15) is 5.82 Å². The van der Waals surface area contributed by atoms with Crippen molar-refractivity contribution in [1.29, 1.82) is 0 Å². The molecule has 0 aliphatic carbocycles. The van der Waals surface area contributed by atoms with Crippen LogP contribution in [0.3, 0.4) is 0 Å². The largest absolute Gasteiger partial charge is 0.324 e. The van der Waals surface area contributed by atoms with Gasteiger partial charge in [-0.05, 0) is 10.9 Å². The quantitative estimate of drug-likeness (QED) is 0.816. The smallest absolute Gasteiger partial charge is 0.191 e. The molecule has 0 aliphatic heterocycles. The van der Waals surface area contributed by atoms with E-state index in [0.29, 0.717) is 6.54 Å². The first-order valence-corrected chi connectivity index (χ1v) is 6.55. The second-order valence-corrected chi connectivity index (χ2v) is 5.12. The summed E-state index contributed by atoms with van der Waals surface area (Å²) in [7, 11) is 0. The molecule has 6 heteroatoms. The lowest BCUT2D eigenvalue weighted by molar-refractivity contribution is 0.592. The van der Waals surface area contributed by atoms with Crippen molar-refractivity contribution in [2.75, 3.05) is 5.75 Å². The van der Waals surface area contributed by atoms with Crippen LogP contribution < -0.4 is 5.73 Å². The molecule has 4 nitrogen and oxygen atoms in total. The number of aromatic nitrogens is 3. The lowest BCUT2D eigenvalue weighted by Gasteiger charge is -2.06. The monoisotopic (exact) mass is 290 g/mol. The molecule has 0 atom stereocenters. The molecule has 0 aromatic carbocycles. The zero-order chi connectivity index (χ0) is 11.3.